The Morgan fingerprint density at radius 1 is 0.625 bits per heavy atom. The molecule has 4 nitrogen and oxygen atoms in total. The van der Waals surface area contributed by atoms with E-state index in [9.17, 15) is 5.26 Å². The van der Waals surface area contributed by atoms with Crippen LogP contribution in [0.25, 0.3) is 44.9 Å². The Kier molecular flexibility index (Phi) is 5.35. The van der Waals surface area contributed by atoms with Crippen molar-refractivity contribution in [3.8, 4) is 40.2 Å². The van der Waals surface area contributed by atoms with Crippen molar-refractivity contribution in [2.24, 2.45) is 17.8 Å². The standard InChI is InChI=1S/C36H30N4/c37-22-23-9-14-31-29(18-23)7-4-8-32(31)35-39-33(27-5-2-1-3-6-27)38-34(40-35)28-10-12-30(13-11-28)36-19-24-15-25(20-36)17-26(16-24)21-36/h1-14,18,24-26H,15-17,19-21H2/t24-,25+,26-,36?. The van der Waals surface area contributed by atoms with Crippen molar-refractivity contribution in [1.82, 2.24) is 15.0 Å². The zero-order chi connectivity index (χ0) is 26.7. The van der Waals surface area contributed by atoms with Crippen LogP contribution in [0.2, 0.25) is 0 Å². The molecule has 9 rings (SSSR count). The third-order valence-electron chi connectivity index (χ3n) is 9.71. The number of benzene rings is 4. The number of hydrogen-bond donors (Lipinski definition) is 0. The summed E-state index contributed by atoms with van der Waals surface area (Å²) in [5.74, 6) is 4.77. The fraction of sp³-hybridized carbons (Fsp3) is 0.278. The van der Waals surface area contributed by atoms with Crippen molar-refractivity contribution in [1.29, 1.82) is 5.26 Å². The molecule has 0 N–H and O–H groups in total. The van der Waals surface area contributed by atoms with Crippen molar-refractivity contribution in [2.45, 2.75) is 43.9 Å². The van der Waals surface area contributed by atoms with Gasteiger partial charge in [0.05, 0.1) is 11.6 Å². The normalized spacial score (nSPS) is 24.7. The Morgan fingerprint density at radius 2 is 1.25 bits per heavy atom. The van der Waals surface area contributed by atoms with Gasteiger partial charge in [0.1, 0.15) is 0 Å². The van der Waals surface area contributed by atoms with Gasteiger partial charge in [-0.25, -0.2) is 15.0 Å². The topological polar surface area (TPSA) is 62.5 Å². The molecule has 4 aliphatic carbocycles. The summed E-state index contributed by atoms with van der Waals surface area (Å²) in [6.07, 6.45) is 8.46. The maximum absolute atomic E-state index is 9.39. The van der Waals surface area contributed by atoms with E-state index in [0.29, 0.717) is 28.5 Å². The van der Waals surface area contributed by atoms with E-state index in [1.54, 1.807) is 0 Å². The summed E-state index contributed by atoms with van der Waals surface area (Å²) in [7, 11) is 0. The van der Waals surface area contributed by atoms with Crippen LogP contribution in [-0.2, 0) is 5.41 Å². The summed E-state index contributed by atoms with van der Waals surface area (Å²) in [4.78, 5) is 14.9. The zero-order valence-electron chi connectivity index (χ0n) is 22.4. The number of nitriles is 1. The van der Waals surface area contributed by atoms with Gasteiger partial charge in [-0.3, -0.25) is 0 Å². The summed E-state index contributed by atoms with van der Waals surface area (Å²) in [5, 5.41) is 11.4. The molecule has 0 unspecified atom stereocenters. The van der Waals surface area contributed by atoms with Crippen LogP contribution in [0.5, 0.6) is 0 Å². The molecule has 0 radical (unpaired) electrons. The quantitative estimate of drug-likeness (QED) is 0.240. The van der Waals surface area contributed by atoms with Gasteiger partial charge in [0.25, 0.3) is 0 Å². The van der Waals surface area contributed by atoms with E-state index in [-0.39, 0.29) is 0 Å². The van der Waals surface area contributed by atoms with Crippen molar-refractivity contribution in [3.63, 3.8) is 0 Å². The second-order valence-corrected chi connectivity index (χ2v) is 12.3. The van der Waals surface area contributed by atoms with Crippen molar-refractivity contribution in [2.75, 3.05) is 0 Å². The first-order valence-electron chi connectivity index (χ1n) is 14.5. The summed E-state index contributed by atoms with van der Waals surface area (Å²) in [6.45, 7) is 0. The van der Waals surface area contributed by atoms with Gasteiger partial charge in [-0.05, 0) is 90.2 Å². The maximum atomic E-state index is 9.39. The van der Waals surface area contributed by atoms with Crippen LogP contribution in [0.3, 0.4) is 0 Å². The Hall–Kier alpha value is -4.36. The van der Waals surface area contributed by atoms with E-state index < -0.39 is 0 Å². The highest BCUT2D eigenvalue weighted by Gasteiger charge is 2.51. The summed E-state index contributed by atoms with van der Waals surface area (Å²) in [5.41, 5.74) is 5.44. The van der Waals surface area contributed by atoms with Gasteiger partial charge in [-0.15, -0.1) is 0 Å². The molecule has 1 aromatic heterocycles. The fourth-order valence-corrected chi connectivity index (χ4v) is 8.33. The van der Waals surface area contributed by atoms with Crippen LogP contribution in [0.15, 0.2) is 91.0 Å². The second-order valence-electron chi connectivity index (χ2n) is 12.3. The minimum atomic E-state index is 0.373. The molecule has 40 heavy (non-hydrogen) atoms. The molecule has 1 heterocycles. The number of fused-ring (bicyclic) bond motifs is 1. The minimum absolute atomic E-state index is 0.373. The van der Waals surface area contributed by atoms with Gasteiger partial charge in [0.2, 0.25) is 0 Å². The maximum Gasteiger partial charge on any atom is 0.164 e. The highest BCUT2D eigenvalue weighted by molar-refractivity contribution is 5.96. The first-order chi connectivity index (χ1) is 19.7. The molecule has 194 valence electrons. The smallest absolute Gasteiger partial charge is 0.164 e. The van der Waals surface area contributed by atoms with Crippen molar-refractivity contribution < 1.29 is 0 Å². The molecule has 4 heteroatoms. The van der Waals surface area contributed by atoms with Crippen LogP contribution in [0.1, 0.15) is 49.7 Å². The second kappa shape index (κ2) is 9.10. The lowest BCUT2D eigenvalue weighted by molar-refractivity contribution is -0.00518. The van der Waals surface area contributed by atoms with Gasteiger partial charge in [-0.2, -0.15) is 5.26 Å². The predicted octanol–water partition coefficient (Wildman–Crippen LogP) is 8.37. The van der Waals surface area contributed by atoms with E-state index in [2.05, 4.69) is 36.4 Å². The average Bonchev–Trinajstić information content (AvgIpc) is 3.00. The molecule has 4 aliphatic rings. The molecular formula is C36H30N4. The molecular weight excluding hydrogens is 488 g/mol. The largest absolute Gasteiger partial charge is 0.208 e. The lowest BCUT2D eigenvalue weighted by Gasteiger charge is -2.57. The SMILES string of the molecule is N#Cc1ccc2c(-c3nc(-c4ccccc4)nc(-c4ccc(C56C[C@H]7C[C@@H](C5)C[C@@H](C6)C7)cc4)n3)cccc2c1. The third-order valence-corrected chi connectivity index (χ3v) is 9.71. The first kappa shape index (κ1) is 23.5. The molecule has 4 fully saturated rings. The summed E-state index contributed by atoms with van der Waals surface area (Å²) < 4.78 is 0. The summed E-state index contributed by atoms with van der Waals surface area (Å²) >= 11 is 0. The molecule has 0 spiro atoms. The average molecular weight is 519 g/mol. The number of aromatic nitrogens is 3. The van der Waals surface area contributed by atoms with Crippen LogP contribution in [0, 0.1) is 29.1 Å². The predicted molar refractivity (Wildman–Crippen MR) is 158 cm³/mol. The van der Waals surface area contributed by atoms with Gasteiger partial charge in [0, 0.05) is 16.7 Å². The van der Waals surface area contributed by atoms with Crippen LogP contribution in [-0.4, -0.2) is 15.0 Å². The van der Waals surface area contributed by atoms with E-state index in [1.807, 2.05) is 60.7 Å². The number of nitrogens with zero attached hydrogens (tertiary/aromatic N) is 4. The molecule has 0 aliphatic heterocycles. The first-order valence-corrected chi connectivity index (χ1v) is 14.5. The number of rotatable bonds is 4. The van der Waals surface area contributed by atoms with E-state index in [4.69, 9.17) is 15.0 Å². The van der Waals surface area contributed by atoms with Gasteiger partial charge >= 0.3 is 0 Å². The van der Waals surface area contributed by atoms with E-state index in [0.717, 1.165) is 45.2 Å². The lowest BCUT2D eigenvalue weighted by Crippen LogP contribution is -2.48. The molecule has 0 saturated heterocycles. The Bertz CT molecular complexity index is 1750. The lowest BCUT2D eigenvalue weighted by atomic mass is 9.48. The van der Waals surface area contributed by atoms with E-state index in [1.165, 1.54) is 44.1 Å². The van der Waals surface area contributed by atoms with Crippen LogP contribution in [0.4, 0.5) is 0 Å². The molecule has 0 atom stereocenters. The van der Waals surface area contributed by atoms with Gasteiger partial charge < -0.3 is 0 Å². The summed E-state index contributed by atoms with van der Waals surface area (Å²) in [6, 6.07) is 33.4. The highest BCUT2D eigenvalue weighted by atomic mass is 15.0. The Balaban J connectivity index is 1.23. The Morgan fingerprint density at radius 3 is 1.90 bits per heavy atom. The zero-order valence-corrected chi connectivity index (χ0v) is 22.4. The van der Waals surface area contributed by atoms with Gasteiger partial charge in [0.15, 0.2) is 17.5 Å². The third kappa shape index (κ3) is 3.92. The van der Waals surface area contributed by atoms with E-state index >= 15 is 0 Å². The van der Waals surface area contributed by atoms with Crippen LogP contribution < -0.4 is 0 Å². The molecule has 5 aromatic rings. The molecule has 4 saturated carbocycles. The monoisotopic (exact) mass is 518 g/mol. The Labute approximate surface area is 234 Å². The number of hydrogen-bond acceptors (Lipinski definition) is 4. The molecule has 0 amide bonds. The molecule has 4 aromatic carbocycles. The van der Waals surface area contributed by atoms with Crippen molar-refractivity contribution in [3.05, 3.63) is 102 Å². The minimum Gasteiger partial charge on any atom is -0.208 e. The van der Waals surface area contributed by atoms with Crippen molar-refractivity contribution >= 4 is 10.8 Å². The van der Waals surface area contributed by atoms with Gasteiger partial charge in [-0.1, -0.05) is 78.9 Å². The molecule has 4 bridgehead atoms. The van der Waals surface area contributed by atoms with Crippen LogP contribution >= 0.6 is 0 Å². The fourth-order valence-electron chi connectivity index (χ4n) is 8.33. The highest BCUT2D eigenvalue weighted by Crippen LogP contribution is 2.60.